The zero-order chi connectivity index (χ0) is 10.7. The molecule has 1 aromatic heterocycles. The molecule has 1 fully saturated rings. The maximum absolute atomic E-state index is 8.72. The lowest BCUT2D eigenvalue weighted by Crippen LogP contribution is -2.46. The quantitative estimate of drug-likeness (QED) is 0.753. The van der Waals surface area contributed by atoms with Gasteiger partial charge in [-0.25, -0.2) is 4.98 Å². The SMILES string of the molecule is CCN1CCN(c2ncc(C#N)s2)CC1. The second kappa shape index (κ2) is 4.60. The van der Waals surface area contributed by atoms with Crippen LogP contribution in [0.5, 0.6) is 0 Å². The van der Waals surface area contributed by atoms with E-state index in [4.69, 9.17) is 5.26 Å². The van der Waals surface area contributed by atoms with Crippen molar-refractivity contribution in [3.8, 4) is 6.07 Å². The van der Waals surface area contributed by atoms with Gasteiger partial charge in [-0.3, -0.25) is 0 Å². The number of hydrogen-bond donors (Lipinski definition) is 0. The van der Waals surface area contributed by atoms with Crippen LogP contribution in [0.25, 0.3) is 0 Å². The molecular weight excluding hydrogens is 208 g/mol. The van der Waals surface area contributed by atoms with E-state index in [2.05, 4.69) is 27.8 Å². The molecule has 5 heteroatoms. The minimum atomic E-state index is 0.697. The van der Waals surface area contributed by atoms with Crippen LogP contribution in [0.4, 0.5) is 5.13 Å². The maximum Gasteiger partial charge on any atom is 0.186 e. The van der Waals surface area contributed by atoms with Gasteiger partial charge < -0.3 is 9.80 Å². The molecule has 1 aliphatic rings. The first kappa shape index (κ1) is 10.4. The molecule has 0 N–H and O–H groups in total. The van der Waals surface area contributed by atoms with E-state index >= 15 is 0 Å². The summed E-state index contributed by atoms with van der Waals surface area (Å²) in [6.45, 7) is 7.54. The Bertz CT molecular complexity index is 360. The summed E-state index contributed by atoms with van der Waals surface area (Å²) in [7, 11) is 0. The molecule has 1 aliphatic heterocycles. The topological polar surface area (TPSA) is 43.2 Å². The Morgan fingerprint density at radius 1 is 1.47 bits per heavy atom. The van der Waals surface area contributed by atoms with Crippen LogP contribution in [0.3, 0.4) is 0 Å². The molecule has 0 aromatic carbocycles. The predicted octanol–water partition coefficient (Wildman–Crippen LogP) is 1.16. The molecule has 0 aliphatic carbocycles. The van der Waals surface area contributed by atoms with Crippen LogP contribution in [-0.2, 0) is 0 Å². The molecule has 0 unspecified atom stereocenters. The molecule has 2 heterocycles. The Kier molecular flexibility index (Phi) is 3.19. The highest BCUT2D eigenvalue weighted by molar-refractivity contribution is 7.16. The summed E-state index contributed by atoms with van der Waals surface area (Å²) in [5.41, 5.74) is 0. The van der Waals surface area contributed by atoms with Gasteiger partial charge in [0.1, 0.15) is 10.9 Å². The summed E-state index contributed by atoms with van der Waals surface area (Å²) in [5, 5.41) is 9.71. The Hall–Kier alpha value is -1.12. The number of hydrogen-bond acceptors (Lipinski definition) is 5. The molecule has 0 atom stereocenters. The predicted molar refractivity (Wildman–Crippen MR) is 61.2 cm³/mol. The first-order chi connectivity index (χ1) is 7.33. The van der Waals surface area contributed by atoms with Gasteiger partial charge in [0.25, 0.3) is 0 Å². The van der Waals surface area contributed by atoms with Gasteiger partial charge in [-0.2, -0.15) is 5.26 Å². The number of nitriles is 1. The van der Waals surface area contributed by atoms with E-state index < -0.39 is 0 Å². The second-order valence-corrected chi connectivity index (χ2v) is 4.55. The third-order valence-corrected chi connectivity index (χ3v) is 3.66. The Morgan fingerprint density at radius 3 is 2.73 bits per heavy atom. The summed E-state index contributed by atoms with van der Waals surface area (Å²) in [4.78, 5) is 9.65. The van der Waals surface area contributed by atoms with Crippen LogP contribution >= 0.6 is 11.3 Å². The zero-order valence-electron chi connectivity index (χ0n) is 8.81. The number of piperazine rings is 1. The Balaban J connectivity index is 1.98. The lowest BCUT2D eigenvalue weighted by Gasteiger charge is -2.33. The van der Waals surface area contributed by atoms with Crippen molar-refractivity contribution in [2.75, 3.05) is 37.6 Å². The van der Waals surface area contributed by atoms with Crippen molar-refractivity contribution in [3.63, 3.8) is 0 Å². The van der Waals surface area contributed by atoms with Crippen LogP contribution in [-0.4, -0.2) is 42.6 Å². The van der Waals surface area contributed by atoms with Crippen molar-refractivity contribution >= 4 is 16.5 Å². The van der Waals surface area contributed by atoms with Gasteiger partial charge in [0.05, 0.1) is 6.20 Å². The molecule has 0 saturated carbocycles. The van der Waals surface area contributed by atoms with E-state index in [9.17, 15) is 0 Å². The number of likely N-dealkylation sites (N-methyl/N-ethyl adjacent to an activating group) is 1. The summed E-state index contributed by atoms with van der Waals surface area (Å²) in [5.74, 6) is 0. The van der Waals surface area contributed by atoms with E-state index in [1.807, 2.05) is 0 Å². The number of anilines is 1. The van der Waals surface area contributed by atoms with Crippen molar-refractivity contribution in [3.05, 3.63) is 11.1 Å². The second-order valence-electron chi connectivity index (χ2n) is 3.54. The number of aromatic nitrogens is 1. The Morgan fingerprint density at radius 2 is 2.20 bits per heavy atom. The summed E-state index contributed by atoms with van der Waals surface area (Å²) >= 11 is 1.48. The molecule has 80 valence electrons. The van der Waals surface area contributed by atoms with Gasteiger partial charge in [0.2, 0.25) is 0 Å². The molecule has 0 radical (unpaired) electrons. The largest absolute Gasteiger partial charge is 0.345 e. The fourth-order valence-corrected chi connectivity index (χ4v) is 2.48. The minimum absolute atomic E-state index is 0.697. The first-order valence-electron chi connectivity index (χ1n) is 5.16. The summed E-state index contributed by atoms with van der Waals surface area (Å²) in [6.07, 6.45) is 1.66. The highest BCUT2D eigenvalue weighted by Gasteiger charge is 2.17. The lowest BCUT2D eigenvalue weighted by molar-refractivity contribution is 0.271. The van der Waals surface area contributed by atoms with Gasteiger partial charge in [0.15, 0.2) is 5.13 Å². The van der Waals surface area contributed by atoms with Gasteiger partial charge in [0, 0.05) is 26.2 Å². The fourth-order valence-electron chi connectivity index (χ4n) is 1.72. The van der Waals surface area contributed by atoms with E-state index in [0.29, 0.717) is 4.88 Å². The Labute approximate surface area is 93.8 Å². The number of rotatable bonds is 2. The monoisotopic (exact) mass is 222 g/mol. The number of thiazole rings is 1. The molecule has 0 spiro atoms. The third-order valence-electron chi connectivity index (χ3n) is 2.69. The highest BCUT2D eigenvalue weighted by Crippen LogP contribution is 2.22. The number of nitrogens with zero attached hydrogens (tertiary/aromatic N) is 4. The average molecular weight is 222 g/mol. The smallest absolute Gasteiger partial charge is 0.186 e. The van der Waals surface area contributed by atoms with Crippen LogP contribution in [0.1, 0.15) is 11.8 Å². The standard InChI is InChI=1S/C10H14N4S/c1-2-13-3-5-14(6-4-13)10-12-8-9(7-11)15-10/h8H,2-6H2,1H3. The van der Waals surface area contributed by atoms with Crippen LogP contribution in [0, 0.1) is 11.3 Å². The van der Waals surface area contributed by atoms with Crippen molar-refractivity contribution in [2.45, 2.75) is 6.92 Å². The third kappa shape index (κ3) is 2.28. The summed E-state index contributed by atoms with van der Waals surface area (Å²) in [6, 6.07) is 2.13. The van der Waals surface area contributed by atoms with E-state index in [0.717, 1.165) is 37.9 Å². The van der Waals surface area contributed by atoms with Gasteiger partial charge in [-0.15, -0.1) is 0 Å². The van der Waals surface area contributed by atoms with Crippen molar-refractivity contribution in [1.82, 2.24) is 9.88 Å². The molecule has 1 aromatic rings. The van der Waals surface area contributed by atoms with Crippen LogP contribution < -0.4 is 4.90 Å². The first-order valence-corrected chi connectivity index (χ1v) is 5.98. The van der Waals surface area contributed by atoms with Crippen LogP contribution in [0.2, 0.25) is 0 Å². The van der Waals surface area contributed by atoms with Crippen LogP contribution in [0.15, 0.2) is 6.20 Å². The molecule has 15 heavy (non-hydrogen) atoms. The van der Waals surface area contributed by atoms with E-state index in [1.165, 1.54) is 11.3 Å². The van der Waals surface area contributed by atoms with E-state index in [-0.39, 0.29) is 0 Å². The maximum atomic E-state index is 8.72. The van der Waals surface area contributed by atoms with Crippen molar-refractivity contribution < 1.29 is 0 Å². The van der Waals surface area contributed by atoms with E-state index in [1.54, 1.807) is 6.20 Å². The average Bonchev–Trinajstić information content (AvgIpc) is 2.78. The molecule has 0 bridgehead atoms. The minimum Gasteiger partial charge on any atom is -0.345 e. The normalized spacial score (nSPS) is 17.7. The summed E-state index contributed by atoms with van der Waals surface area (Å²) < 4.78 is 0. The highest BCUT2D eigenvalue weighted by atomic mass is 32.1. The van der Waals surface area contributed by atoms with Crippen molar-refractivity contribution in [1.29, 1.82) is 5.26 Å². The van der Waals surface area contributed by atoms with Gasteiger partial charge in [-0.05, 0) is 6.54 Å². The molecular formula is C10H14N4S. The van der Waals surface area contributed by atoms with Crippen molar-refractivity contribution in [2.24, 2.45) is 0 Å². The fraction of sp³-hybridized carbons (Fsp3) is 0.600. The van der Waals surface area contributed by atoms with Gasteiger partial charge in [-0.1, -0.05) is 18.3 Å². The molecule has 4 nitrogen and oxygen atoms in total. The van der Waals surface area contributed by atoms with Gasteiger partial charge >= 0.3 is 0 Å². The lowest BCUT2D eigenvalue weighted by atomic mass is 10.3. The molecule has 2 rings (SSSR count). The zero-order valence-corrected chi connectivity index (χ0v) is 9.63. The molecule has 0 amide bonds. The molecule has 1 saturated heterocycles.